The molecule has 2 nitrogen and oxygen atoms in total. The average Bonchev–Trinajstić information content (AvgIpc) is 3.12. The van der Waals surface area contributed by atoms with Gasteiger partial charge in [-0.1, -0.05) is 120 Å². The second-order valence-electron chi connectivity index (χ2n) is 16.3. The normalized spacial score (nSPS) is 15.4. The maximum absolute atomic E-state index is 2.50. The number of pyridine rings is 2. The molecule has 0 amide bonds. The van der Waals surface area contributed by atoms with Crippen molar-refractivity contribution in [2.24, 2.45) is 0 Å². The van der Waals surface area contributed by atoms with Crippen molar-refractivity contribution < 1.29 is 9.13 Å². The highest BCUT2D eigenvalue weighted by atomic mass is 15.1. The van der Waals surface area contributed by atoms with Crippen molar-refractivity contribution in [1.29, 1.82) is 0 Å². The number of allylic oxidation sites excluding steroid dienone is 2. The Morgan fingerprint density at radius 2 is 1.06 bits per heavy atom. The van der Waals surface area contributed by atoms with E-state index in [9.17, 15) is 0 Å². The summed E-state index contributed by atoms with van der Waals surface area (Å²) in [5, 5.41) is 5.19. The van der Waals surface area contributed by atoms with Gasteiger partial charge < -0.3 is 0 Å². The second kappa shape index (κ2) is 11.1. The van der Waals surface area contributed by atoms with Crippen molar-refractivity contribution in [1.82, 2.24) is 0 Å². The Morgan fingerprint density at radius 1 is 0.440 bits per heavy atom. The predicted octanol–water partition coefficient (Wildman–Crippen LogP) is 11.1. The SMILES string of the molecule is CC(C)(C)c1ccc2c(c1)-c1cc(C(C)(C)C)cc[n+]1/C(=C1\Cc3cc4ccc5ccccc5c4cc3-c3cc(-c4ccccc4)cc[n+]31)C2. The molecular weight excluding hydrogens is 605 g/mol. The molecule has 0 spiro atoms. The minimum absolute atomic E-state index is 0.0480. The van der Waals surface area contributed by atoms with Gasteiger partial charge >= 0.3 is 0 Å². The summed E-state index contributed by atoms with van der Waals surface area (Å²) >= 11 is 0. The lowest BCUT2D eigenvalue weighted by Gasteiger charge is -2.26. The van der Waals surface area contributed by atoms with Crippen LogP contribution in [0.2, 0.25) is 0 Å². The summed E-state index contributed by atoms with van der Waals surface area (Å²) in [7, 11) is 0. The first kappa shape index (κ1) is 30.7. The van der Waals surface area contributed by atoms with Crippen molar-refractivity contribution in [2.75, 3.05) is 0 Å². The molecule has 0 aliphatic carbocycles. The summed E-state index contributed by atoms with van der Waals surface area (Å²) in [4.78, 5) is 0. The van der Waals surface area contributed by atoms with Crippen molar-refractivity contribution in [3.8, 4) is 33.6 Å². The maximum atomic E-state index is 2.50. The molecule has 0 saturated carbocycles. The van der Waals surface area contributed by atoms with Crippen LogP contribution in [0.1, 0.15) is 63.8 Å². The van der Waals surface area contributed by atoms with Gasteiger partial charge in [0.2, 0.25) is 11.4 Å². The molecule has 0 fully saturated rings. The minimum Gasteiger partial charge on any atom is -0.158 e. The van der Waals surface area contributed by atoms with Gasteiger partial charge in [0.05, 0.1) is 24.0 Å². The third kappa shape index (κ3) is 5.00. The molecular formula is C48H44N2+2. The Kier molecular flexibility index (Phi) is 6.81. The third-order valence-electron chi connectivity index (χ3n) is 11.0. The van der Waals surface area contributed by atoms with Crippen molar-refractivity contribution in [2.45, 2.75) is 65.2 Å². The molecule has 9 rings (SSSR count). The Morgan fingerprint density at radius 3 is 1.82 bits per heavy atom. The molecule has 0 unspecified atom stereocenters. The number of nitrogens with zero attached hydrogens (tertiary/aromatic N) is 2. The fourth-order valence-electron chi connectivity index (χ4n) is 8.10. The van der Waals surface area contributed by atoms with Crippen molar-refractivity contribution in [3.63, 3.8) is 0 Å². The van der Waals surface area contributed by atoms with Crippen molar-refractivity contribution in [3.05, 3.63) is 156 Å². The lowest BCUT2D eigenvalue weighted by Crippen LogP contribution is -2.47. The molecule has 4 heterocycles. The molecule has 2 aromatic heterocycles. The standard InChI is InChI=1S/C48H44N2/c1-47(2,3)37-19-18-35-26-45(50-23-21-38(48(4,5)6)29-44(50)41(35)28-37)46-27-36-24-34-17-16-32-14-10-11-15-39(32)40(34)30-42(36)43-25-33(20-22-49(43)46)31-12-8-7-9-13-31/h7-25,28-30H,26-27H2,1-6H3/q+2/b46-45+. The van der Waals surface area contributed by atoms with Crippen LogP contribution in [0, 0.1) is 0 Å². The molecule has 244 valence electrons. The molecule has 0 N–H and O–H groups in total. The van der Waals surface area contributed by atoms with Gasteiger partial charge in [0.25, 0.3) is 11.4 Å². The zero-order valence-electron chi connectivity index (χ0n) is 30.0. The summed E-state index contributed by atoms with van der Waals surface area (Å²) < 4.78 is 4.99. The summed E-state index contributed by atoms with van der Waals surface area (Å²) in [6.45, 7) is 13.9. The number of aromatic nitrogens is 2. The first-order chi connectivity index (χ1) is 24.0. The first-order valence-corrected chi connectivity index (χ1v) is 18.0. The lowest BCUT2D eigenvalue weighted by atomic mass is 9.81. The van der Waals surface area contributed by atoms with Gasteiger partial charge in [-0.15, -0.1) is 0 Å². The van der Waals surface area contributed by atoms with E-state index in [0.29, 0.717) is 0 Å². The monoisotopic (exact) mass is 648 g/mol. The van der Waals surface area contributed by atoms with E-state index < -0.39 is 0 Å². The molecule has 2 heteroatoms. The molecule has 0 radical (unpaired) electrons. The Bertz CT molecular complexity index is 2540. The van der Waals surface area contributed by atoms with Crippen LogP contribution in [-0.2, 0) is 23.7 Å². The van der Waals surface area contributed by atoms with Gasteiger partial charge in [0.1, 0.15) is 0 Å². The maximum Gasteiger partial charge on any atom is 0.259 e. The van der Waals surface area contributed by atoms with Crippen LogP contribution < -0.4 is 9.13 Å². The number of benzene rings is 5. The van der Waals surface area contributed by atoms with E-state index in [1.54, 1.807) is 0 Å². The average molecular weight is 649 g/mol. The van der Waals surface area contributed by atoms with Crippen LogP contribution in [0.4, 0.5) is 0 Å². The largest absolute Gasteiger partial charge is 0.259 e. The zero-order valence-corrected chi connectivity index (χ0v) is 30.0. The molecule has 0 atom stereocenters. The third-order valence-corrected chi connectivity index (χ3v) is 11.0. The van der Waals surface area contributed by atoms with E-state index in [-0.39, 0.29) is 10.8 Å². The number of rotatable bonds is 1. The minimum atomic E-state index is 0.0480. The van der Waals surface area contributed by atoms with Gasteiger partial charge in [0.15, 0.2) is 12.4 Å². The van der Waals surface area contributed by atoms with Gasteiger partial charge in [0, 0.05) is 24.3 Å². The lowest BCUT2D eigenvalue weighted by molar-refractivity contribution is -0.602. The van der Waals surface area contributed by atoms with Gasteiger partial charge in [-0.05, 0) is 84.0 Å². The predicted molar refractivity (Wildman–Crippen MR) is 209 cm³/mol. The van der Waals surface area contributed by atoms with Gasteiger partial charge in [-0.2, -0.15) is 9.13 Å². The molecule has 0 saturated heterocycles. The van der Waals surface area contributed by atoms with E-state index in [4.69, 9.17) is 0 Å². The second-order valence-corrected chi connectivity index (χ2v) is 16.3. The van der Waals surface area contributed by atoms with Gasteiger partial charge in [-0.3, -0.25) is 0 Å². The Balaban J connectivity index is 1.32. The molecule has 50 heavy (non-hydrogen) atoms. The van der Waals surface area contributed by atoms with E-state index >= 15 is 0 Å². The zero-order chi connectivity index (χ0) is 34.4. The van der Waals surface area contributed by atoms with Crippen LogP contribution in [-0.4, -0.2) is 0 Å². The first-order valence-electron chi connectivity index (χ1n) is 18.0. The highest BCUT2D eigenvalue weighted by Crippen LogP contribution is 2.41. The van der Waals surface area contributed by atoms with E-state index in [1.807, 2.05) is 0 Å². The summed E-state index contributed by atoms with van der Waals surface area (Å²) in [6.07, 6.45) is 6.39. The number of hydrogen-bond donors (Lipinski definition) is 0. The number of fused-ring (bicyclic) bond motifs is 9. The van der Waals surface area contributed by atoms with Crippen LogP contribution in [0.3, 0.4) is 0 Å². The van der Waals surface area contributed by atoms with Crippen molar-refractivity contribution >= 4 is 32.9 Å². The van der Waals surface area contributed by atoms with Crippen LogP contribution >= 0.6 is 0 Å². The fourth-order valence-corrected chi connectivity index (χ4v) is 8.10. The van der Waals surface area contributed by atoms with Crippen LogP contribution in [0.15, 0.2) is 134 Å². The van der Waals surface area contributed by atoms with E-state index in [0.717, 1.165) is 12.8 Å². The Hall–Kier alpha value is -5.34. The summed E-state index contributed by atoms with van der Waals surface area (Å²) in [5.74, 6) is 0. The molecule has 7 aromatic rings. The summed E-state index contributed by atoms with van der Waals surface area (Å²) in [6, 6.07) is 45.7. The molecule has 2 aliphatic heterocycles. The quantitative estimate of drug-likeness (QED) is 0.124. The topological polar surface area (TPSA) is 7.76 Å². The van der Waals surface area contributed by atoms with Crippen LogP contribution in [0.5, 0.6) is 0 Å². The molecule has 5 aromatic carbocycles. The Labute approximate surface area is 296 Å². The summed E-state index contributed by atoms with van der Waals surface area (Å²) in [5.41, 5.74) is 16.0. The molecule has 2 aliphatic rings. The highest BCUT2D eigenvalue weighted by Gasteiger charge is 2.39. The number of hydrogen-bond acceptors (Lipinski definition) is 0. The van der Waals surface area contributed by atoms with Crippen LogP contribution in [0.25, 0.3) is 66.6 Å². The van der Waals surface area contributed by atoms with E-state index in [2.05, 4.69) is 184 Å². The highest BCUT2D eigenvalue weighted by molar-refractivity contribution is 6.09. The smallest absolute Gasteiger partial charge is 0.158 e. The molecule has 0 bridgehead atoms. The van der Waals surface area contributed by atoms with E-state index in [1.165, 1.54) is 88.8 Å². The fraction of sp³-hybridized carbons (Fsp3) is 0.208. The van der Waals surface area contributed by atoms with Gasteiger partial charge in [-0.25, -0.2) is 0 Å².